The molecule has 0 radical (unpaired) electrons. The third-order valence-electron chi connectivity index (χ3n) is 10.2. The molecule has 1 aliphatic rings. The zero-order valence-corrected chi connectivity index (χ0v) is 34.3. The number of unbranched alkanes of at least 4 members (excludes halogenated alkanes) is 1. The highest BCUT2D eigenvalue weighted by atomic mass is 28.4. The zero-order chi connectivity index (χ0) is 36.6. The van der Waals surface area contributed by atoms with Gasteiger partial charge in [0.1, 0.15) is 25.1 Å². The molecule has 1 aliphatic heterocycles. The molecule has 1 fully saturated rings. The van der Waals surface area contributed by atoms with Gasteiger partial charge in [-0.05, 0) is 53.8 Å². The SMILES string of the molecule is COCO[C@H](C#CCCCO[Si](c1ccccc1)(c1ccccc1)C(C)(C)C)[C@@H]1O[C@@](C)(OC)[C@](C)(OC)O[C@@H]1CO[Si](C)(C)C(C)(C)C. The maximum absolute atomic E-state index is 7.07. The van der Waals surface area contributed by atoms with Crippen LogP contribution < -0.4 is 10.4 Å². The molecule has 1 saturated heterocycles. The van der Waals surface area contributed by atoms with Crippen LogP contribution in [0.5, 0.6) is 0 Å². The van der Waals surface area contributed by atoms with Crippen molar-refractivity contribution < 1.29 is 37.3 Å². The minimum Gasteiger partial charge on any atom is -0.414 e. The van der Waals surface area contributed by atoms with Crippen molar-refractivity contribution in [3.8, 4) is 11.8 Å². The van der Waals surface area contributed by atoms with E-state index in [1.165, 1.54) is 10.4 Å². The summed E-state index contributed by atoms with van der Waals surface area (Å²) >= 11 is 0. The highest BCUT2D eigenvalue weighted by Crippen LogP contribution is 2.42. The van der Waals surface area contributed by atoms with E-state index in [1.54, 1.807) is 28.3 Å². The van der Waals surface area contributed by atoms with Gasteiger partial charge in [0.2, 0.25) is 11.6 Å². The maximum Gasteiger partial charge on any atom is 0.261 e. The Morgan fingerprint density at radius 3 is 1.78 bits per heavy atom. The van der Waals surface area contributed by atoms with Crippen molar-refractivity contribution in [2.24, 2.45) is 0 Å². The number of hydrogen-bond acceptors (Lipinski definition) is 8. The topological polar surface area (TPSA) is 73.8 Å². The fourth-order valence-corrected chi connectivity index (χ4v) is 11.6. The average molecular weight is 715 g/mol. The van der Waals surface area contributed by atoms with E-state index in [2.05, 4.69) is 127 Å². The van der Waals surface area contributed by atoms with Crippen molar-refractivity contribution >= 4 is 27.0 Å². The Kier molecular flexibility index (Phi) is 14.5. The Labute approximate surface area is 298 Å². The van der Waals surface area contributed by atoms with Gasteiger partial charge in [0.25, 0.3) is 8.32 Å². The van der Waals surface area contributed by atoms with E-state index < -0.39 is 46.5 Å². The second kappa shape index (κ2) is 17.1. The van der Waals surface area contributed by atoms with Gasteiger partial charge in [-0.25, -0.2) is 0 Å². The van der Waals surface area contributed by atoms with E-state index >= 15 is 0 Å². The predicted octanol–water partition coefficient (Wildman–Crippen LogP) is 6.87. The van der Waals surface area contributed by atoms with E-state index in [4.69, 9.17) is 37.3 Å². The largest absolute Gasteiger partial charge is 0.414 e. The summed E-state index contributed by atoms with van der Waals surface area (Å²) in [4.78, 5) is 0. The third-order valence-corrected chi connectivity index (χ3v) is 19.8. The Hall–Kier alpha value is -1.89. The third kappa shape index (κ3) is 9.52. The number of rotatable bonds is 15. The van der Waals surface area contributed by atoms with Crippen molar-refractivity contribution in [1.82, 2.24) is 0 Å². The van der Waals surface area contributed by atoms with Gasteiger partial charge in [0, 0.05) is 34.4 Å². The first kappa shape index (κ1) is 41.5. The van der Waals surface area contributed by atoms with E-state index in [0.717, 1.165) is 6.42 Å². The van der Waals surface area contributed by atoms with Crippen molar-refractivity contribution in [2.45, 2.75) is 121 Å². The average Bonchev–Trinajstić information content (AvgIpc) is 3.06. The summed E-state index contributed by atoms with van der Waals surface area (Å²) in [5.74, 6) is 4.26. The number of ether oxygens (including phenoxy) is 6. The molecule has 49 heavy (non-hydrogen) atoms. The summed E-state index contributed by atoms with van der Waals surface area (Å²) in [6, 6.07) is 21.4. The monoisotopic (exact) mass is 714 g/mol. The van der Waals surface area contributed by atoms with Crippen LogP contribution >= 0.6 is 0 Å². The van der Waals surface area contributed by atoms with Gasteiger partial charge >= 0.3 is 0 Å². The van der Waals surface area contributed by atoms with Crippen LogP contribution in [0.1, 0.15) is 68.2 Å². The second-order valence-electron chi connectivity index (χ2n) is 15.5. The van der Waals surface area contributed by atoms with Crippen LogP contribution in [0.25, 0.3) is 0 Å². The maximum atomic E-state index is 7.07. The van der Waals surface area contributed by atoms with Gasteiger partial charge in [-0.1, -0.05) is 108 Å². The van der Waals surface area contributed by atoms with Crippen LogP contribution in [0.4, 0.5) is 0 Å². The van der Waals surface area contributed by atoms with Gasteiger partial charge in [0.15, 0.2) is 8.32 Å². The Morgan fingerprint density at radius 2 is 1.31 bits per heavy atom. The molecule has 0 N–H and O–H groups in total. The molecule has 274 valence electrons. The molecule has 0 aliphatic carbocycles. The summed E-state index contributed by atoms with van der Waals surface area (Å²) in [7, 11) is 0.00637. The summed E-state index contributed by atoms with van der Waals surface area (Å²) < 4.78 is 50.2. The van der Waals surface area contributed by atoms with Gasteiger partial charge in [0.05, 0.1) is 6.61 Å². The fraction of sp³-hybridized carbons (Fsp3) is 0.641. The molecule has 0 saturated carbocycles. The number of hydrogen-bond donors (Lipinski definition) is 0. The lowest BCUT2D eigenvalue weighted by Crippen LogP contribution is -2.68. The molecule has 0 bridgehead atoms. The molecule has 2 aromatic rings. The van der Waals surface area contributed by atoms with Crippen LogP contribution in [0.2, 0.25) is 23.2 Å². The quantitative estimate of drug-likeness (QED) is 0.0858. The van der Waals surface area contributed by atoms with Crippen molar-refractivity contribution in [3.63, 3.8) is 0 Å². The predicted molar refractivity (Wildman–Crippen MR) is 201 cm³/mol. The molecule has 8 nitrogen and oxygen atoms in total. The van der Waals surface area contributed by atoms with Crippen molar-refractivity contribution in [1.29, 1.82) is 0 Å². The molecular weight excluding hydrogens is 653 g/mol. The van der Waals surface area contributed by atoms with Crippen LogP contribution in [0.15, 0.2) is 60.7 Å². The molecule has 0 aromatic heterocycles. The van der Waals surface area contributed by atoms with E-state index in [1.807, 2.05) is 6.92 Å². The minimum atomic E-state index is -2.62. The Morgan fingerprint density at radius 1 is 0.776 bits per heavy atom. The zero-order valence-electron chi connectivity index (χ0n) is 32.3. The molecule has 0 unspecified atom stereocenters. The van der Waals surface area contributed by atoms with Crippen molar-refractivity contribution in [2.75, 3.05) is 41.3 Å². The first-order valence-electron chi connectivity index (χ1n) is 17.3. The lowest BCUT2D eigenvalue weighted by molar-refractivity contribution is -0.454. The molecule has 1 heterocycles. The minimum absolute atomic E-state index is 0.0198. The normalized spacial score (nSPS) is 24.3. The van der Waals surface area contributed by atoms with Gasteiger partial charge in [-0.2, -0.15) is 0 Å². The van der Waals surface area contributed by atoms with E-state index in [0.29, 0.717) is 19.6 Å². The Balaban J connectivity index is 1.86. The van der Waals surface area contributed by atoms with Gasteiger partial charge in [-0.3, -0.25) is 0 Å². The first-order valence-corrected chi connectivity index (χ1v) is 22.2. The standard InChI is InChI=1S/C39H62O8Si2/c1-36(2,3)48(12,13)45-29-34-35(47-39(8,42-11)38(7,41-10)46-34)33(43-30-40-9)27-21-16-22-28-44-49(37(4,5)6,31-23-17-14-18-24-31)32-25-19-15-20-26-32/h14-15,17-20,23-26,33-35H,16,22,28-30H2,1-13H3/t33-,34-,35+,38-,39-/m1/s1. The van der Waals surface area contributed by atoms with Crippen LogP contribution in [0.3, 0.4) is 0 Å². The lowest BCUT2D eigenvalue weighted by Gasteiger charge is -2.53. The van der Waals surface area contributed by atoms with Crippen LogP contribution in [0, 0.1) is 11.8 Å². The molecule has 0 spiro atoms. The smallest absolute Gasteiger partial charge is 0.261 e. The molecule has 10 heteroatoms. The summed E-state index contributed by atoms with van der Waals surface area (Å²) in [6.07, 6.45) is -0.500. The van der Waals surface area contributed by atoms with Crippen molar-refractivity contribution in [3.05, 3.63) is 60.7 Å². The van der Waals surface area contributed by atoms with Gasteiger partial charge in [-0.15, -0.1) is 5.92 Å². The van der Waals surface area contributed by atoms with E-state index in [9.17, 15) is 0 Å². The molecule has 3 rings (SSSR count). The first-order chi connectivity index (χ1) is 22.9. The highest BCUT2D eigenvalue weighted by molar-refractivity contribution is 6.99. The highest BCUT2D eigenvalue weighted by Gasteiger charge is 2.58. The van der Waals surface area contributed by atoms with Gasteiger partial charge < -0.3 is 37.3 Å². The molecule has 5 atom stereocenters. The van der Waals surface area contributed by atoms with E-state index in [-0.39, 0.29) is 16.9 Å². The lowest BCUT2D eigenvalue weighted by atomic mass is 10.0. The van der Waals surface area contributed by atoms with Crippen LogP contribution in [-0.4, -0.2) is 87.9 Å². The summed E-state index contributed by atoms with van der Waals surface area (Å²) in [6.45, 7) is 22.5. The number of benzene rings is 2. The Bertz CT molecular complexity index is 1310. The summed E-state index contributed by atoms with van der Waals surface area (Å²) in [5.41, 5.74) is 0. The fourth-order valence-electron chi connectivity index (χ4n) is 5.95. The molecule has 2 aromatic carbocycles. The molecular formula is C39H62O8Si2. The second-order valence-corrected chi connectivity index (χ2v) is 24.7. The number of methoxy groups -OCH3 is 3. The summed E-state index contributed by atoms with van der Waals surface area (Å²) in [5, 5.41) is 2.45. The molecule has 0 amide bonds. The van der Waals surface area contributed by atoms with Crippen LogP contribution in [-0.2, 0) is 37.3 Å².